The summed E-state index contributed by atoms with van der Waals surface area (Å²) in [7, 11) is 4.57. The zero-order chi connectivity index (χ0) is 11.5. The zero-order valence-electron chi connectivity index (χ0n) is 9.42. The first-order chi connectivity index (χ1) is 7.70. The molecule has 0 radical (unpaired) electrons. The van der Waals surface area contributed by atoms with Gasteiger partial charge in [-0.25, -0.2) is 0 Å². The molecular formula is C12H17ClNOP. The Bertz CT molecular complexity index is 378. The molecule has 0 heterocycles. The van der Waals surface area contributed by atoms with Crippen molar-refractivity contribution in [2.45, 2.75) is 31.8 Å². The third-order valence-corrected chi connectivity index (χ3v) is 3.74. The highest BCUT2D eigenvalue weighted by Crippen LogP contribution is 2.31. The average Bonchev–Trinajstić information content (AvgIpc) is 2.75. The minimum absolute atomic E-state index is 0.345. The quantitative estimate of drug-likeness (QED) is 0.840. The molecule has 1 aromatic rings. The van der Waals surface area contributed by atoms with Crippen LogP contribution in [0.4, 0.5) is 5.69 Å². The van der Waals surface area contributed by atoms with Crippen LogP contribution in [-0.2, 0) is 0 Å². The van der Waals surface area contributed by atoms with Gasteiger partial charge >= 0.3 is 0 Å². The van der Waals surface area contributed by atoms with Crippen LogP contribution < -0.4 is 15.4 Å². The van der Waals surface area contributed by atoms with Crippen molar-refractivity contribution in [1.29, 1.82) is 0 Å². The summed E-state index contributed by atoms with van der Waals surface area (Å²) >= 11 is 6.17. The summed E-state index contributed by atoms with van der Waals surface area (Å²) in [5.74, 6) is 0.795. The van der Waals surface area contributed by atoms with Gasteiger partial charge in [0.15, 0.2) is 0 Å². The molecule has 0 bridgehead atoms. The van der Waals surface area contributed by atoms with Gasteiger partial charge in [0.05, 0.1) is 11.1 Å². The Morgan fingerprint density at radius 1 is 1.38 bits per heavy atom. The maximum Gasteiger partial charge on any atom is 0.140 e. The first-order valence-electron chi connectivity index (χ1n) is 5.64. The fourth-order valence-corrected chi connectivity index (χ4v) is 2.78. The molecule has 0 spiro atoms. The van der Waals surface area contributed by atoms with Crippen LogP contribution >= 0.6 is 20.8 Å². The molecule has 1 saturated carbocycles. The van der Waals surface area contributed by atoms with E-state index >= 15 is 0 Å². The van der Waals surface area contributed by atoms with Gasteiger partial charge in [0.25, 0.3) is 0 Å². The van der Waals surface area contributed by atoms with Crippen LogP contribution in [0.2, 0.25) is 5.02 Å². The third kappa shape index (κ3) is 2.61. The molecular weight excluding hydrogens is 241 g/mol. The summed E-state index contributed by atoms with van der Waals surface area (Å²) in [6.07, 6.45) is 5.17. The molecule has 1 aromatic carbocycles. The Hall–Kier alpha value is -0.460. The molecule has 4 heteroatoms. The lowest BCUT2D eigenvalue weighted by molar-refractivity contribution is 0.210. The number of halogens is 1. The van der Waals surface area contributed by atoms with Gasteiger partial charge in [0.1, 0.15) is 5.75 Å². The predicted octanol–water partition coefficient (Wildman–Crippen LogP) is 3.20. The highest BCUT2D eigenvalue weighted by atomic mass is 35.5. The van der Waals surface area contributed by atoms with Crippen molar-refractivity contribution in [2.75, 3.05) is 12.4 Å². The first-order valence-corrected chi connectivity index (χ1v) is 6.59. The van der Waals surface area contributed by atoms with Crippen LogP contribution in [0.3, 0.4) is 0 Å². The molecule has 16 heavy (non-hydrogen) atoms. The second-order valence-electron chi connectivity index (χ2n) is 4.14. The van der Waals surface area contributed by atoms with Crippen molar-refractivity contribution in [2.24, 2.45) is 0 Å². The van der Waals surface area contributed by atoms with Crippen molar-refractivity contribution >= 4 is 31.8 Å². The second kappa shape index (κ2) is 5.25. The molecule has 1 aliphatic rings. The zero-order valence-corrected chi connectivity index (χ0v) is 11.3. The first kappa shape index (κ1) is 12.0. The van der Waals surface area contributed by atoms with Crippen LogP contribution in [0, 0.1) is 0 Å². The maximum atomic E-state index is 6.17. The lowest BCUT2D eigenvalue weighted by Gasteiger charge is -2.16. The van der Waals surface area contributed by atoms with Gasteiger partial charge in [-0.2, -0.15) is 0 Å². The van der Waals surface area contributed by atoms with Crippen molar-refractivity contribution < 1.29 is 4.74 Å². The van der Waals surface area contributed by atoms with E-state index in [0.717, 1.165) is 29.6 Å². The van der Waals surface area contributed by atoms with E-state index in [4.69, 9.17) is 16.3 Å². The molecule has 2 nitrogen and oxygen atoms in total. The molecule has 0 saturated heterocycles. The largest absolute Gasteiger partial charge is 0.489 e. The minimum atomic E-state index is 0.345. The van der Waals surface area contributed by atoms with Gasteiger partial charge in [-0.15, -0.1) is 9.24 Å². The van der Waals surface area contributed by atoms with Gasteiger partial charge in [-0.3, -0.25) is 0 Å². The highest BCUT2D eigenvalue weighted by molar-refractivity contribution is 7.28. The fourth-order valence-electron chi connectivity index (χ4n) is 2.06. The summed E-state index contributed by atoms with van der Waals surface area (Å²) in [6.45, 7) is 0. The summed E-state index contributed by atoms with van der Waals surface area (Å²) in [4.78, 5) is 0. The molecule has 0 aromatic heterocycles. The number of anilines is 1. The lowest BCUT2D eigenvalue weighted by Crippen LogP contribution is -2.12. The maximum absolute atomic E-state index is 6.17. The van der Waals surface area contributed by atoms with E-state index in [2.05, 4.69) is 14.6 Å². The average molecular weight is 258 g/mol. The summed E-state index contributed by atoms with van der Waals surface area (Å²) in [6, 6.07) is 3.89. The van der Waals surface area contributed by atoms with Crippen LogP contribution in [0.15, 0.2) is 12.1 Å². The second-order valence-corrected chi connectivity index (χ2v) is 5.17. The van der Waals surface area contributed by atoms with Crippen molar-refractivity contribution in [3.05, 3.63) is 17.2 Å². The Morgan fingerprint density at radius 2 is 2.06 bits per heavy atom. The van der Waals surface area contributed by atoms with E-state index in [1.54, 1.807) is 0 Å². The highest BCUT2D eigenvalue weighted by Gasteiger charge is 2.18. The van der Waals surface area contributed by atoms with Crippen LogP contribution in [-0.4, -0.2) is 13.2 Å². The summed E-state index contributed by atoms with van der Waals surface area (Å²) in [5, 5.41) is 4.88. The summed E-state index contributed by atoms with van der Waals surface area (Å²) < 4.78 is 5.92. The number of ether oxygens (including phenoxy) is 1. The van der Waals surface area contributed by atoms with Gasteiger partial charge in [0, 0.05) is 18.8 Å². The molecule has 88 valence electrons. The van der Waals surface area contributed by atoms with Gasteiger partial charge in [-0.1, -0.05) is 11.6 Å². The third-order valence-electron chi connectivity index (χ3n) is 2.97. The van der Waals surface area contributed by atoms with E-state index < -0.39 is 0 Å². The monoisotopic (exact) mass is 257 g/mol. The van der Waals surface area contributed by atoms with E-state index in [1.807, 2.05) is 19.2 Å². The molecule has 0 aliphatic heterocycles. The smallest absolute Gasteiger partial charge is 0.140 e. The van der Waals surface area contributed by atoms with Crippen LogP contribution in [0.5, 0.6) is 5.75 Å². The summed E-state index contributed by atoms with van der Waals surface area (Å²) in [5.41, 5.74) is 1.04. The SMILES string of the molecule is CNc1cc(OC2CCCC2)c(Cl)cc1P. The number of hydrogen-bond acceptors (Lipinski definition) is 2. The standard InChI is InChI=1S/C12H17ClNOP/c1-14-10-7-11(9(13)6-12(10)16)15-8-4-2-3-5-8/h6-8,14H,2-5,16H2,1H3. The van der Waals surface area contributed by atoms with Crippen LogP contribution in [0.25, 0.3) is 0 Å². The molecule has 1 aliphatic carbocycles. The number of nitrogens with one attached hydrogen (secondary N) is 1. The topological polar surface area (TPSA) is 21.3 Å². The number of hydrogen-bond donors (Lipinski definition) is 1. The Kier molecular flexibility index (Phi) is 3.94. The molecule has 1 N–H and O–H groups in total. The number of rotatable bonds is 3. The van der Waals surface area contributed by atoms with Crippen molar-refractivity contribution in [1.82, 2.24) is 0 Å². The molecule has 0 amide bonds. The Labute approximate surface area is 104 Å². The van der Waals surface area contributed by atoms with Gasteiger partial charge in [-0.05, 0) is 37.1 Å². The van der Waals surface area contributed by atoms with E-state index in [0.29, 0.717) is 11.1 Å². The Balaban J connectivity index is 2.18. The van der Waals surface area contributed by atoms with E-state index in [9.17, 15) is 0 Å². The molecule has 2 rings (SSSR count). The molecule has 1 unspecified atom stereocenters. The van der Waals surface area contributed by atoms with Crippen LogP contribution in [0.1, 0.15) is 25.7 Å². The Morgan fingerprint density at radius 3 is 2.69 bits per heavy atom. The van der Waals surface area contributed by atoms with E-state index in [1.165, 1.54) is 12.8 Å². The predicted molar refractivity (Wildman–Crippen MR) is 73.2 cm³/mol. The minimum Gasteiger partial charge on any atom is -0.489 e. The van der Waals surface area contributed by atoms with E-state index in [-0.39, 0.29) is 0 Å². The normalized spacial score (nSPS) is 16.4. The van der Waals surface area contributed by atoms with Crippen molar-refractivity contribution in [3.8, 4) is 5.75 Å². The number of benzene rings is 1. The van der Waals surface area contributed by atoms with Crippen molar-refractivity contribution in [3.63, 3.8) is 0 Å². The van der Waals surface area contributed by atoms with Gasteiger partial charge < -0.3 is 10.1 Å². The fraction of sp³-hybridized carbons (Fsp3) is 0.500. The molecule has 1 atom stereocenters. The lowest BCUT2D eigenvalue weighted by atomic mass is 10.2. The molecule has 1 fully saturated rings. The van der Waals surface area contributed by atoms with Gasteiger partial charge in [0.2, 0.25) is 0 Å².